The summed E-state index contributed by atoms with van der Waals surface area (Å²) in [4.78, 5) is 0. The molecule has 0 atom stereocenters. The molecule has 0 aromatic heterocycles. The zero-order valence-corrected chi connectivity index (χ0v) is 11.9. The highest BCUT2D eigenvalue weighted by Crippen LogP contribution is 2.35. The van der Waals surface area contributed by atoms with Gasteiger partial charge in [0.05, 0.1) is 15.7 Å². The van der Waals surface area contributed by atoms with E-state index in [4.69, 9.17) is 33.7 Å². The minimum Gasteiger partial charge on any atom is -0.455 e. The molecule has 3 aromatic rings. The van der Waals surface area contributed by atoms with E-state index in [1.165, 1.54) is 0 Å². The number of nitrogen functional groups attached to an aromatic ring is 1. The molecule has 100 valence electrons. The van der Waals surface area contributed by atoms with Crippen molar-refractivity contribution in [3.05, 3.63) is 64.6 Å². The second kappa shape index (κ2) is 5.23. The van der Waals surface area contributed by atoms with Crippen molar-refractivity contribution in [3.8, 4) is 11.5 Å². The Morgan fingerprint density at radius 2 is 1.50 bits per heavy atom. The Balaban J connectivity index is 1.99. The van der Waals surface area contributed by atoms with Crippen molar-refractivity contribution in [1.82, 2.24) is 0 Å². The van der Waals surface area contributed by atoms with E-state index < -0.39 is 0 Å². The third kappa shape index (κ3) is 2.53. The molecule has 0 aliphatic heterocycles. The molecule has 0 bridgehead atoms. The summed E-state index contributed by atoms with van der Waals surface area (Å²) in [5.41, 5.74) is 6.33. The number of benzene rings is 3. The van der Waals surface area contributed by atoms with Gasteiger partial charge in [0.15, 0.2) is 5.75 Å². The van der Waals surface area contributed by atoms with Gasteiger partial charge >= 0.3 is 0 Å². The smallest absolute Gasteiger partial charge is 0.151 e. The fourth-order valence-electron chi connectivity index (χ4n) is 1.99. The molecule has 0 fully saturated rings. The second-order valence-corrected chi connectivity index (χ2v) is 5.23. The maximum absolute atomic E-state index is 5.98. The maximum atomic E-state index is 5.98. The first-order chi connectivity index (χ1) is 9.63. The van der Waals surface area contributed by atoms with Crippen LogP contribution >= 0.6 is 23.2 Å². The molecule has 3 aromatic carbocycles. The molecule has 0 amide bonds. The number of halogens is 2. The van der Waals surface area contributed by atoms with Crippen molar-refractivity contribution in [2.45, 2.75) is 0 Å². The van der Waals surface area contributed by atoms with Gasteiger partial charge in [0.25, 0.3) is 0 Å². The van der Waals surface area contributed by atoms with E-state index in [2.05, 4.69) is 0 Å². The van der Waals surface area contributed by atoms with Crippen molar-refractivity contribution in [1.29, 1.82) is 0 Å². The topological polar surface area (TPSA) is 35.2 Å². The van der Waals surface area contributed by atoms with E-state index in [1.54, 1.807) is 12.1 Å². The van der Waals surface area contributed by atoms with Crippen molar-refractivity contribution in [2.75, 3.05) is 5.73 Å². The molecule has 0 unspecified atom stereocenters. The Morgan fingerprint density at radius 3 is 2.30 bits per heavy atom. The fourth-order valence-corrected chi connectivity index (χ4v) is 2.32. The van der Waals surface area contributed by atoms with E-state index in [1.807, 2.05) is 42.5 Å². The number of anilines is 1. The van der Waals surface area contributed by atoms with Gasteiger partial charge in [-0.2, -0.15) is 0 Å². The van der Waals surface area contributed by atoms with Crippen LogP contribution in [0.2, 0.25) is 10.0 Å². The summed E-state index contributed by atoms with van der Waals surface area (Å²) in [6.45, 7) is 0. The molecule has 0 aliphatic rings. The Labute approximate surface area is 126 Å². The molecule has 3 rings (SSSR count). The standard InChI is InChI=1S/C16H11Cl2NO/c17-13-8-15(19)16(9-14(13)18)20-12-6-5-10-3-1-2-4-11(10)7-12/h1-9H,19H2. The first-order valence-electron chi connectivity index (χ1n) is 6.04. The first kappa shape index (κ1) is 13.1. The largest absolute Gasteiger partial charge is 0.455 e. The Hall–Kier alpha value is -1.90. The summed E-state index contributed by atoms with van der Waals surface area (Å²) in [7, 11) is 0. The molecule has 4 heteroatoms. The van der Waals surface area contributed by atoms with Gasteiger partial charge in [-0.1, -0.05) is 53.5 Å². The lowest BCUT2D eigenvalue weighted by Crippen LogP contribution is -1.92. The molecule has 0 aliphatic carbocycles. The third-order valence-electron chi connectivity index (χ3n) is 3.00. The van der Waals surface area contributed by atoms with Crippen molar-refractivity contribution >= 4 is 39.7 Å². The van der Waals surface area contributed by atoms with Gasteiger partial charge in [-0.15, -0.1) is 0 Å². The number of ether oxygens (including phenoxy) is 1. The van der Waals surface area contributed by atoms with Crippen LogP contribution in [0.3, 0.4) is 0 Å². The van der Waals surface area contributed by atoms with Gasteiger partial charge in [-0.3, -0.25) is 0 Å². The number of rotatable bonds is 2. The highest BCUT2D eigenvalue weighted by molar-refractivity contribution is 6.42. The number of hydrogen-bond donors (Lipinski definition) is 1. The Kier molecular flexibility index (Phi) is 3.43. The molecule has 2 nitrogen and oxygen atoms in total. The van der Waals surface area contributed by atoms with Crippen LogP contribution in [0.1, 0.15) is 0 Å². The molecule has 0 saturated carbocycles. The summed E-state index contributed by atoms with van der Waals surface area (Å²) in [6.07, 6.45) is 0. The number of nitrogens with two attached hydrogens (primary N) is 1. The SMILES string of the molecule is Nc1cc(Cl)c(Cl)cc1Oc1ccc2ccccc2c1. The molecule has 0 spiro atoms. The van der Waals surface area contributed by atoms with Crippen molar-refractivity contribution < 1.29 is 4.74 Å². The molecular formula is C16H11Cl2NO. The quantitative estimate of drug-likeness (QED) is 0.632. The van der Waals surface area contributed by atoms with Crippen LogP contribution in [-0.2, 0) is 0 Å². The molecule has 2 N–H and O–H groups in total. The van der Waals surface area contributed by atoms with Crippen LogP contribution in [0.25, 0.3) is 10.8 Å². The van der Waals surface area contributed by atoms with Gasteiger partial charge in [-0.25, -0.2) is 0 Å². The van der Waals surface area contributed by atoms with Gasteiger partial charge in [0.2, 0.25) is 0 Å². The van der Waals surface area contributed by atoms with E-state index in [9.17, 15) is 0 Å². The van der Waals surface area contributed by atoms with Crippen LogP contribution in [-0.4, -0.2) is 0 Å². The van der Waals surface area contributed by atoms with Gasteiger partial charge in [-0.05, 0) is 29.0 Å². The first-order valence-corrected chi connectivity index (χ1v) is 6.80. The summed E-state index contributed by atoms with van der Waals surface area (Å²) in [5, 5.41) is 3.08. The summed E-state index contributed by atoms with van der Waals surface area (Å²) < 4.78 is 5.78. The molecule has 0 radical (unpaired) electrons. The zero-order chi connectivity index (χ0) is 14.1. The Morgan fingerprint density at radius 1 is 0.800 bits per heavy atom. The second-order valence-electron chi connectivity index (χ2n) is 4.42. The predicted octanol–water partition coefficient (Wildman–Crippen LogP) is 5.52. The van der Waals surface area contributed by atoms with Crippen LogP contribution in [0, 0.1) is 0 Å². The van der Waals surface area contributed by atoms with Crippen LogP contribution in [0.15, 0.2) is 54.6 Å². The molecule has 0 saturated heterocycles. The minimum absolute atomic E-state index is 0.412. The van der Waals surface area contributed by atoms with Gasteiger partial charge in [0.1, 0.15) is 5.75 Å². The summed E-state index contributed by atoms with van der Waals surface area (Å²) >= 11 is 11.9. The lowest BCUT2D eigenvalue weighted by atomic mass is 10.1. The van der Waals surface area contributed by atoms with Crippen molar-refractivity contribution in [2.24, 2.45) is 0 Å². The van der Waals surface area contributed by atoms with Crippen molar-refractivity contribution in [3.63, 3.8) is 0 Å². The predicted molar refractivity (Wildman–Crippen MR) is 84.9 cm³/mol. The van der Waals surface area contributed by atoms with E-state index in [0.29, 0.717) is 27.2 Å². The number of hydrogen-bond acceptors (Lipinski definition) is 2. The van der Waals surface area contributed by atoms with Crippen LogP contribution in [0.5, 0.6) is 11.5 Å². The average molecular weight is 304 g/mol. The van der Waals surface area contributed by atoms with Crippen LogP contribution in [0.4, 0.5) is 5.69 Å². The maximum Gasteiger partial charge on any atom is 0.151 e. The average Bonchev–Trinajstić information content (AvgIpc) is 2.44. The van der Waals surface area contributed by atoms with E-state index >= 15 is 0 Å². The number of fused-ring (bicyclic) bond motifs is 1. The zero-order valence-electron chi connectivity index (χ0n) is 10.4. The highest BCUT2D eigenvalue weighted by atomic mass is 35.5. The van der Waals surface area contributed by atoms with Gasteiger partial charge < -0.3 is 10.5 Å². The molecule has 0 heterocycles. The third-order valence-corrected chi connectivity index (χ3v) is 3.72. The Bertz CT molecular complexity index is 787. The van der Waals surface area contributed by atoms with E-state index in [-0.39, 0.29) is 0 Å². The van der Waals surface area contributed by atoms with Gasteiger partial charge in [0, 0.05) is 6.07 Å². The van der Waals surface area contributed by atoms with E-state index in [0.717, 1.165) is 10.8 Å². The highest BCUT2D eigenvalue weighted by Gasteiger charge is 2.07. The summed E-state index contributed by atoms with van der Waals surface area (Å²) in [5.74, 6) is 1.20. The molecular weight excluding hydrogens is 293 g/mol. The fraction of sp³-hybridized carbons (Fsp3) is 0. The monoisotopic (exact) mass is 303 g/mol. The van der Waals surface area contributed by atoms with Crippen LogP contribution < -0.4 is 10.5 Å². The molecule has 20 heavy (non-hydrogen) atoms. The lowest BCUT2D eigenvalue weighted by Gasteiger charge is -2.10. The lowest BCUT2D eigenvalue weighted by molar-refractivity contribution is 0.486. The normalized spacial score (nSPS) is 10.7. The minimum atomic E-state index is 0.412. The summed E-state index contributed by atoms with van der Waals surface area (Å²) in [6, 6.07) is 17.1.